The second-order valence-electron chi connectivity index (χ2n) is 9.61. The molecule has 0 fully saturated rings. The van der Waals surface area contributed by atoms with Crippen molar-refractivity contribution in [2.45, 2.75) is 116 Å². The van der Waals surface area contributed by atoms with Crippen LogP contribution in [0.4, 0.5) is 0 Å². The molecule has 0 aliphatic heterocycles. The highest BCUT2D eigenvalue weighted by molar-refractivity contribution is 5.87. The fourth-order valence-electron chi connectivity index (χ4n) is 4.09. The molecule has 0 heterocycles. The molecular weight excluding hydrogens is 454 g/mol. The molecule has 0 aliphatic carbocycles. The molecule has 36 heavy (non-hydrogen) atoms. The maximum atomic E-state index is 12.4. The van der Waals surface area contributed by atoms with Crippen LogP contribution in [-0.2, 0) is 20.7 Å². The molecule has 0 unspecified atom stereocenters. The minimum Gasteiger partial charge on any atom is -0.478 e. The van der Waals surface area contributed by atoms with Crippen molar-refractivity contribution in [2.24, 2.45) is 0 Å². The number of rotatable bonds is 21. The number of carbonyl (C=O) groups excluding carboxylic acids is 2. The molecule has 0 bridgehead atoms. The van der Waals surface area contributed by atoms with Gasteiger partial charge in [-0.05, 0) is 56.2 Å². The Morgan fingerprint density at radius 3 is 1.97 bits per heavy atom. The van der Waals surface area contributed by atoms with Gasteiger partial charge in [0.15, 0.2) is 0 Å². The highest BCUT2D eigenvalue weighted by Crippen LogP contribution is 2.11. The molecule has 0 spiro atoms. The average Bonchev–Trinajstić information content (AvgIpc) is 2.85. The predicted octanol–water partition coefficient (Wildman–Crippen LogP) is 7.01. The quantitative estimate of drug-likeness (QED) is 0.107. The number of hydrogen-bond donors (Lipinski definition) is 2. The number of aromatic carboxylic acids is 1. The van der Waals surface area contributed by atoms with Gasteiger partial charge in [-0.1, -0.05) is 82.6 Å². The number of carbonyl (C=O) groups is 3. The molecular formula is C30H47NO5. The summed E-state index contributed by atoms with van der Waals surface area (Å²) in [7, 11) is 0. The van der Waals surface area contributed by atoms with Crippen molar-refractivity contribution in [1.29, 1.82) is 0 Å². The van der Waals surface area contributed by atoms with Gasteiger partial charge in [0, 0.05) is 13.3 Å². The normalized spacial score (nSPS) is 11.9. The molecule has 0 radical (unpaired) electrons. The highest BCUT2D eigenvalue weighted by Gasteiger charge is 2.15. The Morgan fingerprint density at radius 2 is 1.42 bits per heavy atom. The van der Waals surface area contributed by atoms with Crippen LogP contribution in [0.3, 0.4) is 0 Å². The monoisotopic (exact) mass is 501 g/mol. The third-order valence-electron chi connectivity index (χ3n) is 6.20. The molecule has 0 aliphatic rings. The van der Waals surface area contributed by atoms with E-state index < -0.39 is 11.9 Å². The predicted molar refractivity (Wildman–Crippen MR) is 145 cm³/mol. The number of hydrogen-bond acceptors (Lipinski definition) is 4. The number of carboxylic acids is 1. The van der Waals surface area contributed by atoms with Crippen molar-refractivity contribution in [3.05, 3.63) is 47.5 Å². The van der Waals surface area contributed by atoms with Crippen LogP contribution in [0.1, 0.15) is 120 Å². The van der Waals surface area contributed by atoms with Crippen LogP contribution >= 0.6 is 0 Å². The Bertz CT molecular complexity index is 772. The third-order valence-corrected chi connectivity index (χ3v) is 6.20. The minimum absolute atomic E-state index is 0.0491. The van der Waals surface area contributed by atoms with Gasteiger partial charge in [0.05, 0.1) is 11.6 Å². The summed E-state index contributed by atoms with van der Waals surface area (Å²) in [6.45, 7) is 3.68. The van der Waals surface area contributed by atoms with E-state index in [0.717, 1.165) is 31.2 Å². The summed E-state index contributed by atoms with van der Waals surface area (Å²) in [6, 6.07) is 6.17. The van der Waals surface area contributed by atoms with E-state index in [2.05, 4.69) is 24.4 Å². The lowest BCUT2D eigenvalue weighted by Gasteiger charge is -2.19. The lowest BCUT2D eigenvalue weighted by Crippen LogP contribution is -2.40. The number of allylic oxidation sites excluding steroid dienone is 2. The van der Waals surface area contributed by atoms with E-state index in [9.17, 15) is 14.4 Å². The van der Waals surface area contributed by atoms with E-state index in [1.54, 1.807) is 12.1 Å². The van der Waals surface area contributed by atoms with E-state index in [0.29, 0.717) is 12.8 Å². The number of benzene rings is 1. The van der Waals surface area contributed by atoms with Crippen LogP contribution in [0.15, 0.2) is 36.4 Å². The van der Waals surface area contributed by atoms with Crippen LogP contribution < -0.4 is 5.32 Å². The van der Waals surface area contributed by atoms with Gasteiger partial charge in [-0.2, -0.15) is 0 Å². The van der Waals surface area contributed by atoms with Gasteiger partial charge in [-0.3, -0.25) is 9.59 Å². The molecule has 0 saturated heterocycles. The second-order valence-corrected chi connectivity index (χ2v) is 9.61. The number of esters is 1. The fraction of sp³-hybridized carbons (Fsp3) is 0.633. The second kappa shape index (κ2) is 20.6. The number of unbranched alkanes of at least 4 members (excludes halogenated alkanes) is 11. The lowest BCUT2D eigenvalue weighted by atomic mass is 10.0. The Morgan fingerprint density at radius 1 is 0.861 bits per heavy atom. The molecule has 1 rings (SSSR count). The molecule has 2 N–H and O–H groups in total. The van der Waals surface area contributed by atoms with Crippen molar-refractivity contribution >= 4 is 17.8 Å². The van der Waals surface area contributed by atoms with Crippen LogP contribution in [-0.4, -0.2) is 35.6 Å². The molecule has 0 saturated carbocycles. The zero-order chi connectivity index (χ0) is 26.4. The Kier molecular flexibility index (Phi) is 17.9. The number of nitrogens with one attached hydrogen (secondary N) is 1. The Balaban J connectivity index is 2.18. The van der Waals surface area contributed by atoms with Gasteiger partial charge in [-0.25, -0.2) is 4.79 Å². The molecule has 1 amide bonds. The maximum Gasteiger partial charge on any atom is 0.335 e. The van der Waals surface area contributed by atoms with Crippen LogP contribution in [0.2, 0.25) is 0 Å². The minimum atomic E-state index is -0.980. The summed E-state index contributed by atoms with van der Waals surface area (Å²) in [5, 5.41) is 12.0. The van der Waals surface area contributed by atoms with Crippen LogP contribution in [0.25, 0.3) is 0 Å². The Hall–Kier alpha value is -2.63. The molecule has 1 aromatic rings. The summed E-state index contributed by atoms with van der Waals surface area (Å²) >= 11 is 0. The first kappa shape index (κ1) is 31.4. The molecule has 0 aromatic heterocycles. The first-order chi connectivity index (χ1) is 17.4. The number of amides is 1. The van der Waals surface area contributed by atoms with E-state index in [-0.39, 0.29) is 24.1 Å². The summed E-state index contributed by atoms with van der Waals surface area (Å²) in [5.74, 6) is -1.43. The van der Waals surface area contributed by atoms with E-state index in [1.165, 1.54) is 76.8 Å². The number of carboxylic acid groups (broad SMARTS) is 1. The molecule has 202 valence electrons. The topological polar surface area (TPSA) is 92.7 Å². The standard InChI is InChI=1S/C30H47NO5/c1-3-4-5-6-7-8-9-10-11-12-13-14-15-16-17-18-29(33)31-28(24-36-25(2)32)23-26-19-21-27(22-20-26)30(34)35/h10-11,19-22,28H,3-9,12-18,23-24H2,1-2H3,(H,31,33)(H,34,35)/b11-10-/t28-/m1/s1. The van der Waals surface area contributed by atoms with E-state index >= 15 is 0 Å². The zero-order valence-electron chi connectivity index (χ0n) is 22.4. The average molecular weight is 502 g/mol. The van der Waals surface area contributed by atoms with Crippen molar-refractivity contribution in [3.8, 4) is 0 Å². The maximum absolute atomic E-state index is 12.4. The largest absolute Gasteiger partial charge is 0.478 e. The van der Waals surface area contributed by atoms with Gasteiger partial charge in [0.25, 0.3) is 0 Å². The summed E-state index contributed by atoms with van der Waals surface area (Å²) in [6.07, 6.45) is 21.4. The van der Waals surface area contributed by atoms with Gasteiger partial charge < -0.3 is 15.2 Å². The Labute approximate surface area is 217 Å². The van der Waals surface area contributed by atoms with E-state index in [1.807, 2.05) is 0 Å². The summed E-state index contributed by atoms with van der Waals surface area (Å²) < 4.78 is 5.12. The number of ether oxygens (including phenoxy) is 1. The van der Waals surface area contributed by atoms with Gasteiger partial charge >= 0.3 is 11.9 Å². The van der Waals surface area contributed by atoms with Gasteiger partial charge in [0.2, 0.25) is 5.91 Å². The van der Waals surface area contributed by atoms with Crippen molar-refractivity contribution in [3.63, 3.8) is 0 Å². The third kappa shape index (κ3) is 16.9. The van der Waals surface area contributed by atoms with Gasteiger partial charge in [-0.15, -0.1) is 0 Å². The van der Waals surface area contributed by atoms with Crippen molar-refractivity contribution in [1.82, 2.24) is 5.32 Å². The lowest BCUT2D eigenvalue weighted by molar-refractivity contribution is -0.142. The van der Waals surface area contributed by atoms with Gasteiger partial charge in [0.1, 0.15) is 6.61 Å². The molecule has 1 aromatic carbocycles. The van der Waals surface area contributed by atoms with Crippen molar-refractivity contribution in [2.75, 3.05) is 6.61 Å². The fourth-order valence-corrected chi connectivity index (χ4v) is 4.09. The molecule has 1 atom stereocenters. The zero-order valence-corrected chi connectivity index (χ0v) is 22.4. The van der Waals surface area contributed by atoms with Crippen LogP contribution in [0.5, 0.6) is 0 Å². The smallest absolute Gasteiger partial charge is 0.335 e. The van der Waals surface area contributed by atoms with Crippen molar-refractivity contribution < 1.29 is 24.2 Å². The molecule has 6 heteroatoms. The highest BCUT2D eigenvalue weighted by atomic mass is 16.5. The molecule has 6 nitrogen and oxygen atoms in total. The summed E-state index contributed by atoms with van der Waals surface area (Å²) in [4.78, 5) is 34.7. The SMILES string of the molecule is CCCCCCCC/C=C\CCCCCCCC(=O)N[C@@H](COC(C)=O)Cc1ccc(C(=O)O)cc1. The first-order valence-electron chi connectivity index (χ1n) is 13.8. The van der Waals surface area contributed by atoms with Crippen LogP contribution in [0, 0.1) is 0 Å². The summed E-state index contributed by atoms with van der Waals surface area (Å²) in [5.41, 5.74) is 1.09. The van der Waals surface area contributed by atoms with E-state index in [4.69, 9.17) is 9.84 Å². The first-order valence-corrected chi connectivity index (χ1v) is 13.8.